The van der Waals surface area contributed by atoms with Crippen LogP contribution in [0.3, 0.4) is 0 Å². The molecule has 5 nitrogen and oxygen atoms in total. The summed E-state index contributed by atoms with van der Waals surface area (Å²) >= 11 is 0. The van der Waals surface area contributed by atoms with Crippen molar-refractivity contribution >= 4 is 5.97 Å². The van der Waals surface area contributed by atoms with Crippen LogP contribution in [0.2, 0.25) is 0 Å². The Bertz CT molecular complexity index is 411. The van der Waals surface area contributed by atoms with E-state index >= 15 is 0 Å². The third-order valence-electron chi connectivity index (χ3n) is 2.93. The lowest BCUT2D eigenvalue weighted by molar-refractivity contribution is 0.0555. The minimum Gasteiger partial charge on any atom is -0.463 e. The van der Waals surface area contributed by atoms with Crippen LogP contribution in [0.4, 0.5) is 0 Å². The van der Waals surface area contributed by atoms with Crippen LogP contribution >= 0.6 is 0 Å². The Morgan fingerprint density at radius 2 is 2.17 bits per heavy atom. The van der Waals surface area contributed by atoms with Gasteiger partial charge in [-0.25, -0.2) is 4.79 Å². The van der Waals surface area contributed by atoms with Gasteiger partial charge in [-0.1, -0.05) is 0 Å². The number of esters is 1. The number of rotatable bonds is 5. The minimum absolute atomic E-state index is 0.0169. The first-order valence-corrected chi connectivity index (χ1v) is 5.93. The Labute approximate surface area is 107 Å². The van der Waals surface area contributed by atoms with Crippen molar-refractivity contribution in [3.8, 4) is 0 Å². The van der Waals surface area contributed by atoms with Gasteiger partial charge in [-0.05, 0) is 33.9 Å². The van der Waals surface area contributed by atoms with Gasteiger partial charge in [0.25, 0.3) is 0 Å². The first-order chi connectivity index (χ1) is 8.36. The van der Waals surface area contributed by atoms with E-state index in [2.05, 4.69) is 4.74 Å². The largest absolute Gasteiger partial charge is 0.463 e. The lowest BCUT2D eigenvalue weighted by atomic mass is 10.2. The summed E-state index contributed by atoms with van der Waals surface area (Å²) in [6, 6.07) is 1.81. The van der Waals surface area contributed by atoms with E-state index in [1.165, 1.54) is 7.11 Å². The fourth-order valence-corrected chi connectivity index (χ4v) is 1.80. The van der Waals surface area contributed by atoms with Gasteiger partial charge in [-0.3, -0.25) is 4.90 Å². The summed E-state index contributed by atoms with van der Waals surface area (Å²) in [5, 5.41) is 9.36. The van der Waals surface area contributed by atoms with Crippen molar-refractivity contribution < 1.29 is 19.1 Å². The predicted octanol–water partition coefficient (Wildman–Crippen LogP) is 1.75. The molecule has 0 spiro atoms. The van der Waals surface area contributed by atoms with E-state index in [-0.39, 0.29) is 11.8 Å². The van der Waals surface area contributed by atoms with Gasteiger partial charge in [0.2, 0.25) is 5.76 Å². The molecule has 0 aliphatic rings. The molecule has 1 N–H and O–H groups in total. The molecule has 0 radical (unpaired) electrons. The molecule has 0 aliphatic carbocycles. The Morgan fingerprint density at radius 1 is 1.56 bits per heavy atom. The van der Waals surface area contributed by atoms with Gasteiger partial charge in [0.15, 0.2) is 0 Å². The maximum absolute atomic E-state index is 11.4. The summed E-state index contributed by atoms with van der Waals surface area (Å²) in [4.78, 5) is 13.4. The molecule has 1 rings (SSSR count). The second-order valence-electron chi connectivity index (χ2n) is 4.62. The first kappa shape index (κ1) is 14.7. The molecule has 0 bridgehead atoms. The molecule has 0 aromatic carbocycles. The van der Waals surface area contributed by atoms with Crippen LogP contribution in [0, 0.1) is 6.92 Å². The number of methoxy groups -OCH3 is 1. The van der Waals surface area contributed by atoms with Crippen molar-refractivity contribution in [1.82, 2.24) is 4.90 Å². The molecule has 2 atom stereocenters. The summed E-state index contributed by atoms with van der Waals surface area (Å²) in [5.74, 6) is 0.463. The van der Waals surface area contributed by atoms with Crippen molar-refractivity contribution in [2.45, 2.75) is 32.9 Å². The van der Waals surface area contributed by atoms with Crippen LogP contribution in [0.1, 0.15) is 41.8 Å². The SMILES string of the molecule is COC(=O)c1oc(C(C)N(C)CC(C)O)cc1C. The van der Waals surface area contributed by atoms with Crippen LogP contribution in [-0.4, -0.2) is 42.8 Å². The summed E-state index contributed by atoms with van der Waals surface area (Å²) < 4.78 is 10.2. The molecule has 0 saturated heterocycles. The van der Waals surface area contributed by atoms with Crippen molar-refractivity contribution in [2.75, 3.05) is 20.7 Å². The molecule has 0 fully saturated rings. The number of aliphatic hydroxyl groups is 1. The van der Waals surface area contributed by atoms with E-state index in [4.69, 9.17) is 4.42 Å². The Balaban J connectivity index is 2.87. The number of hydrogen-bond donors (Lipinski definition) is 1. The molecular weight excluding hydrogens is 234 g/mol. The van der Waals surface area contributed by atoms with Crippen LogP contribution in [0.25, 0.3) is 0 Å². The lowest BCUT2D eigenvalue weighted by Gasteiger charge is -2.24. The number of furan rings is 1. The highest BCUT2D eigenvalue weighted by Crippen LogP contribution is 2.24. The van der Waals surface area contributed by atoms with Gasteiger partial charge in [-0.15, -0.1) is 0 Å². The Hall–Kier alpha value is -1.33. The van der Waals surface area contributed by atoms with E-state index in [0.29, 0.717) is 12.3 Å². The molecule has 1 aromatic rings. The number of aliphatic hydroxyl groups excluding tert-OH is 1. The third kappa shape index (κ3) is 3.34. The van der Waals surface area contributed by atoms with Gasteiger partial charge < -0.3 is 14.3 Å². The molecule has 5 heteroatoms. The lowest BCUT2D eigenvalue weighted by Crippen LogP contribution is -2.29. The average molecular weight is 255 g/mol. The van der Waals surface area contributed by atoms with Gasteiger partial charge in [-0.2, -0.15) is 0 Å². The van der Waals surface area contributed by atoms with E-state index in [1.54, 1.807) is 13.8 Å². The number of carbonyl (C=O) groups excluding carboxylic acids is 1. The molecule has 102 valence electrons. The number of ether oxygens (including phenoxy) is 1. The molecule has 0 amide bonds. The number of nitrogens with zero attached hydrogens (tertiary/aromatic N) is 1. The molecule has 0 aliphatic heterocycles. The Kier molecular flexibility index (Phi) is 4.93. The molecule has 1 aromatic heterocycles. The normalized spacial score (nSPS) is 14.6. The molecule has 1 heterocycles. The minimum atomic E-state index is -0.468. The summed E-state index contributed by atoms with van der Waals surface area (Å²) in [7, 11) is 3.22. The number of aryl methyl sites for hydroxylation is 1. The van der Waals surface area contributed by atoms with Gasteiger partial charge in [0.1, 0.15) is 5.76 Å². The maximum Gasteiger partial charge on any atom is 0.374 e. The van der Waals surface area contributed by atoms with Gasteiger partial charge >= 0.3 is 5.97 Å². The highest BCUT2D eigenvalue weighted by atomic mass is 16.5. The summed E-state index contributed by atoms with van der Waals surface area (Å²) in [6.07, 6.45) is -0.409. The fraction of sp³-hybridized carbons (Fsp3) is 0.615. The predicted molar refractivity (Wildman–Crippen MR) is 67.5 cm³/mol. The van der Waals surface area contributed by atoms with Gasteiger partial charge in [0.05, 0.1) is 19.3 Å². The topological polar surface area (TPSA) is 62.9 Å². The third-order valence-corrected chi connectivity index (χ3v) is 2.93. The maximum atomic E-state index is 11.4. The average Bonchev–Trinajstić information content (AvgIpc) is 2.68. The monoisotopic (exact) mass is 255 g/mol. The van der Waals surface area contributed by atoms with Crippen molar-refractivity contribution in [1.29, 1.82) is 0 Å². The van der Waals surface area contributed by atoms with E-state index in [0.717, 1.165) is 5.56 Å². The van der Waals surface area contributed by atoms with Crippen LogP contribution in [0.15, 0.2) is 10.5 Å². The molecule has 18 heavy (non-hydrogen) atoms. The Morgan fingerprint density at radius 3 is 2.67 bits per heavy atom. The van der Waals surface area contributed by atoms with E-state index in [1.807, 2.05) is 24.9 Å². The highest BCUT2D eigenvalue weighted by Gasteiger charge is 2.21. The van der Waals surface area contributed by atoms with Crippen molar-refractivity contribution in [3.05, 3.63) is 23.2 Å². The van der Waals surface area contributed by atoms with Gasteiger partial charge in [0, 0.05) is 12.1 Å². The first-order valence-electron chi connectivity index (χ1n) is 5.93. The zero-order chi connectivity index (χ0) is 13.9. The fourth-order valence-electron chi connectivity index (χ4n) is 1.80. The molecule has 2 unspecified atom stereocenters. The van der Waals surface area contributed by atoms with Crippen LogP contribution in [0.5, 0.6) is 0 Å². The number of hydrogen-bond acceptors (Lipinski definition) is 5. The van der Waals surface area contributed by atoms with Crippen molar-refractivity contribution in [2.24, 2.45) is 0 Å². The number of carbonyl (C=O) groups is 1. The van der Waals surface area contributed by atoms with E-state index in [9.17, 15) is 9.90 Å². The molecule has 0 saturated carbocycles. The zero-order valence-corrected chi connectivity index (χ0v) is 11.6. The summed E-state index contributed by atoms with van der Waals surface area (Å²) in [6.45, 7) is 6.04. The second-order valence-corrected chi connectivity index (χ2v) is 4.62. The van der Waals surface area contributed by atoms with Crippen LogP contribution < -0.4 is 0 Å². The standard InChI is InChI=1S/C13H21NO4/c1-8-6-11(18-12(8)13(16)17-5)10(3)14(4)7-9(2)15/h6,9-10,15H,7H2,1-5H3. The zero-order valence-electron chi connectivity index (χ0n) is 11.6. The smallest absolute Gasteiger partial charge is 0.374 e. The van der Waals surface area contributed by atoms with Crippen LogP contribution in [-0.2, 0) is 4.74 Å². The summed E-state index contributed by atoms with van der Waals surface area (Å²) in [5.41, 5.74) is 0.758. The van der Waals surface area contributed by atoms with E-state index < -0.39 is 12.1 Å². The van der Waals surface area contributed by atoms with Crippen molar-refractivity contribution in [3.63, 3.8) is 0 Å². The quantitative estimate of drug-likeness (QED) is 0.812. The second kappa shape index (κ2) is 6.02. The molecular formula is C13H21NO4. The number of likely N-dealkylation sites (N-methyl/N-ethyl adjacent to an activating group) is 1. The highest BCUT2D eigenvalue weighted by molar-refractivity contribution is 5.87.